The molecule has 0 spiro atoms. The quantitative estimate of drug-likeness (QED) is 0.656. The van der Waals surface area contributed by atoms with Gasteiger partial charge in [-0.25, -0.2) is 0 Å². The van der Waals surface area contributed by atoms with Crippen LogP contribution in [0.25, 0.3) is 0 Å². The number of halogens is 1. The zero-order chi connectivity index (χ0) is 10.3. The van der Waals surface area contributed by atoms with Gasteiger partial charge in [0, 0.05) is 12.7 Å². The molecule has 0 unspecified atom stereocenters. The summed E-state index contributed by atoms with van der Waals surface area (Å²) >= 11 is 5.33. The van der Waals surface area contributed by atoms with Crippen LogP contribution in [0.1, 0.15) is 28.0 Å². The molecule has 1 aliphatic carbocycles. The third-order valence-corrected chi connectivity index (χ3v) is 2.90. The molecule has 2 rings (SSSR count). The van der Waals surface area contributed by atoms with Crippen LogP contribution in [-0.2, 0) is 19.9 Å². The summed E-state index contributed by atoms with van der Waals surface area (Å²) in [6, 6.07) is 1.64. The summed E-state index contributed by atoms with van der Waals surface area (Å²) in [5.41, 5.74) is 1.92. The summed E-state index contributed by atoms with van der Waals surface area (Å²) in [5.74, 6) is 0. The fraction of sp³-hybridized carbons (Fsp3) is 0.400. The number of carbonyl (C=O) groups is 1. The Morgan fingerprint density at radius 1 is 1.50 bits per heavy atom. The van der Waals surface area contributed by atoms with Crippen molar-refractivity contribution in [1.29, 1.82) is 0 Å². The van der Waals surface area contributed by atoms with E-state index in [0.29, 0.717) is 0 Å². The van der Waals surface area contributed by atoms with Crippen LogP contribution < -0.4 is 5.56 Å². The Morgan fingerprint density at radius 2 is 2.21 bits per heavy atom. The van der Waals surface area contributed by atoms with Gasteiger partial charge in [-0.15, -0.1) is 0 Å². The molecule has 0 aliphatic heterocycles. The van der Waals surface area contributed by atoms with Gasteiger partial charge in [0.15, 0.2) is 0 Å². The number of fused-ring (bicyclic) bond motifs is 1. The summed E-state index contributed by atoms with van der Waals surface area (Å²) in [6.07, 6.45) is 2.89. The van der Waals surface area contributed by atoms with E-state index in [2.05, 4.69) is 0 Å². The Labute approximate surface area is 86.3 Å². The molecule has 1 aliphatic rings. The molecule has 3 nitrogen and oxygen atoms in total. The maximum absolute atomic E-state index is 11.6. The standard InChI is InChI=1S/C10H10ClNO2/c1-12-8-4-2-3-6(8)5-7(9(11)13)10(12)14/h5H,2-4H2,1H3. The van der Waals surface area contributed by atoms with E-state index in [-0.39, 0.29) is 11.1 Å². The van der Waals surface area contributed by atoms with Crippen molar-refractivity contribution in [2.45, 2.75) is 19.3 Å². The molecule has 1 heterocycles. The highest BCUT2D eigenvalue weighted by Gasteiger charge is 2.19. The molecule has 0 aromatic carbocycles. The molecule has 14 heavy (non-hydrogen) atoms. The van der Waals surface area contributed by atoms with Gasteiger partial charge in [-0.3, -0.25) is 9.59 Å². The van der Waals surface area contributed by atoms with E-state index in [9.17, 15) is 9.59 Å². The molecule has 0 fully saturated rings. The maximum atomic E-state index is 11.6. The lowest BCUT2D eigenvalue weighted by Gasteiger charge is -2.07. The Balaban J connectivity index is 2.73. The Morgan fingerprint density at radius 3 is 2.86 bits per heavy atom. The molecular weight excluding hydrogens is 202 g/mol. The molecule has 0 radical (unpaired) electrons. The van der Waals surface area contributed by atoms with Crippen molar-refractivity contribution in [2.75, 3.05) is 0 Å². The van der Waals surface area contributed by atoms with Crippen LogP contribution in [0.2, 0.25) is 0 Å². The van der Waals surface area contributed by atoms with E-state index in [1.807, 2.05) is 0 Å². The van der Waals surface area contributed by atoms with E-state index in [1.165, 1.54) is 4.57 Å². The van der Waals surface area contributed by atoms with Crippen molar-refractivity contribution < 1.29 is 4.79 Å². The van der Waals surface area contributed by atoms with Crippen LogP contribution in [-0.4, -0.2) is 9.81 Å². The predicted octanol–water partition coefficient (Wildman–Crippen LogP) is 1.25. The highest BCUT2D eigenvalue weighted by Crippen LogP contribution is 2.20. The minimum absolute atomic E-state index is 0.0924. The molecule has 0 amide bonds. The number of aryl methyl sites for hydroxylation is 1. The Hall–Kier alpha value is -1.09. The molecule has 0 N–H and O–H groups in total. The Kier molecular flexibility index (Phi) is 2.19. The number of hydrogen-bond acceptors (Lipinski definition) is 2. The summed E-state index contributed by atoms with van der Waals surface area (Å²) in [6.45, 7) is 0. The molecule has 1 aromatic rings. The summed E-state index contributed by atoms with van der Waals surface area (Å²) in [4.78, 5) is 22.6. The summed E-state index contributed by atoms with van der Waals surface area (Å²) in [5, 5.41) is -0.666. The highest BCUT2D eigenvalue weighted by atomic mass is 35.5. The van der Waals surface area contributed by atoms with E-state index >= 15 is 0 Å². The van der Waals surface area contributed by atoms with Crippen LogP contribution in [0.15, 0.2) is 10.9 Å². The SMILES string of the molecule is Cn1c2c(cc(C(=O)Cl)c1=O)CCC2. The fourth-order valence-corrected chi connectivity index (χ4v) is 2.11. The number of aromatic nitrogens is 1. The smallest absolute Gasteiger partial charge is 0.262 e. The Bertz CT molecular complexity index is 462. The van der Waals surface area contributed by atoms with Crippen molar-refractivity contribution in [3.63, 3.8) is 0 Å². The van der Waals surface area contributed by atoms with Gasteiger partial charge in [0.05, 0.1) is 5.56 Å². The van der Waals surface area contributed by atoms with Crippen LogP contribution >= 0.6 is 11.6 Å². The molecular formula is C10H10ClNO2. The van der Waals surface area contributed by atoms with Gasteiger partial charge < -0.3 is 4.57 Å². The first-order valence-corrected chi connectivity index (χ1v) is 4.90. The van der Waals surface area contributed by atoms with Crippen LogP contribution in [0.4, 0.5) is 0 Å². The van der Waals surface area contributed by atoms with Gasteiger partial charge in [-0.2, -0.15) is 0 Å². The summed E-state index contributed by atoms with van der Waals surface area (Å²) < 4.78 is 1.54. The first-order valence-electron chi connectivity index (χ1n) is 4.53. The minimum atomic E-state index is -0.666. The predicted molar refractivity (Wildman–Crippen MR) is 53.9 cm³/mol. The van der Waals surface area contributed by atoms with Crippen molar-refractivity contribution in [3.8, 4) is 0 Å². The largest absolute Gasteiger partial charge is 0.315 e. The van der Waals surface area contributed by atoms with Crippen molar-refractivity contribution in [1.82, 2.24) is 4.57 Å². The second kappa shape index (κ2) is 3.24. The van der Waals surface area contributed by atoms with E-state index in [4.69, 9.17) is 11.6 Å². The summed E-state index contributed by atoms with van der Waals surface area (Å²) in [7, 11) is 1.69. The third-order valence-electron chi connectivity index (χ3n) is 2.70. The van der Waals surface area contributed by atoms with Crippen molar-refractivity contribution in [2.24, 2.45) is 7.05 Å². The number of hydrogen-bond donors (Lipinski definition) is 0. The van der Waals surface area contributed by atoms with E-state index in [1.54, 1.807) is 13.1 Å². The van der Waals surface area contributed by atoms with E-state index < -0.39 is 5.24 Å². The molecule has 4 heteroatoms. The van der Waals surface area contributed by atoms with Crippen molar-refractivity contribution in [3.05, 3.63) is 33.2 Å². The molecule has 74 valence electrons. The topological polar surface area (TPSA) is 39.1 Å². The minimum Gasteiger partial charge on any atom is -0.315 e. The first-order chi connectivity index (χ1) is 6.61. The number of rotatable bonds is 1. The number of carbonyl (C=O) groups excluding carboxylic acids is 1. The zero-order valence-corrected chi connectivity index (χ0v) is 8.60. The van der Waals surface area contributed by atoms with Gasteiger partial charge in [0.1, 0.15) is 0 Å². The van der Waals surface area contributed by atoms with Crippen molar-refractivity contribution >= 4 is 16.8 Å². The van der Waals surface area contributed by atoms with Gasteiger partial charge in [0.2, 0.25) is 0 Å². The van der Waals surface area contributed by atoms with Gasteiger partial charge in [0.25, 0.3) is 10.8 Å². The molecule has 1 aromatic heterocycles. The van der Waals surface area contributed by atoms with Crippen LogP contribution in [0.5, 0.6) is 0 Å². The van der Waals surface area contributed by atoms with Gasteiger partial charge >= 0.3 is 0 Å². The molecule has 0 saturated heterocycles. The molecule has 0 bridgehead atoms. The van der Waals surface area contributed by atoms with Crippen LogP contribution in [0.3, 0.4) is 0 Å². The molecule has 0 saturated carbocycles. The third kappa shape index (κ3) is 1.28. The normalized spacial score (nSPS) is 14.1. The lowest BCUT2D eigenvalue weighted by molar-refractivity contribution is 0.107. The number of pyridine rings is 1. The lowest BCUT2D eigenvalue weighted by atomic mass is 10.1. The number of nitrogens with zero attached hydrogens (tertiary/aromatic N) is 1. The molecule has 0 atom stereocenters. The monoisotopic (exact) mass is 211 g/mol. The van der Waals surface area contributed by atoms with Gasteiger partial charge in [-0.1, -0.05) is 0 Å². The second-order valence-electron chi connectivity index (χ2n) is 3.52. The maximum Gasteiger partial charge on any atom is 0.262 e. The lowest BCUT2D eigenvalue weighted by Crippen LogP contribution is -2.25. The van der Waals surface area contributed by atoms with Crippen LogP contribution in [0, 0.1) is 0 Å². The van der Waals surface area contributed by atoms with E-state index in [0.717, 1.165) is 30.5 Å². The zero-order valence-electron chi connectivity index (χ0n) is 7.84. The average Bonchev–Trinajstić information content (AvgIpc) is 2.58. The van der Waals surface area contributed by atoms with Gasteiger partial charge in [-0.05, 0) is 42.5 Å². The fourth-order valence-electron chi connectivity index (χ4n) is 1.97. The average molecular weight is 212 g/mol. The highest BCUT2D eigenvalue weighted by molar-refractivity contribution is 6.67. The second-order valence-corrected chi connectivity index (χ2v) is 3.86. The first kappa shape index (κ1) is 9.46.